The van der Waals surface area contributed by atoms with Crippen molar-refractivity contribution in [1.29, 1.82) is 5.26 Å². The second-order valence-electron chi connectivity index (χ2n) is 4.28. The van der Waals surface area contributed by atoms with Gasteiger partial charge in [-0.1, -0.05) is 6.92 Å². The standard InChI is InChI=1S/C13H16N4O3/c1-3-6-15-13(18)9-16(2)11-5-4-10(8-14)7-12(11)17(19)20/h4-5,7H,3,6,9H2,1-2H3,(H,15,18). The molecule has 0 fully saturated rings. The molecule has 0 spiro atoms. The Balaban J connectivity index is 2.92. The molecule has 1 aromatic rings. The molecule has 1 N–H and O–H groups in total. The third-order valence-corrected chi connectivity index (χ3v) is 2.67. The Hall–Kier alpha value is -2.62. The summed E-state index contributed by atoms with van der Waals surface area (Å²) < 4.78 is 0. The van der Waals surface area contributed by atoms with E-state index in [1.54, 1.807) is 7.05 Å². The largest absolute Gasteiger partial charge is 0.360 e. The molecule has 7 nitrogen and oxygen atoms in total. The molecule has 20 heavy (non-hydrogen) atoms. The van der Waals surface area contributed by atoms with Crippen LogP contribution in [0.5, 0.6) is 0 Å². The quantitative estimate of drug-likeness (QED) is 0.626. The molecule has 0 atom stereocenters. The minimum atomic E-state index is -0.559. The van der Waals surface area contributed by atoms with E-state index in [1.807, 2.05) is 13.0 Å². The van der Waals surface area contributed by atoms with Gasteiger partial charge in [-0.25, -0.2) is 0 Å². The fourth-order valence-electron chi connectivity index (χ4n) is 1.68. The van der Waals surface area contributed by atoms with Gasteiger partial charge in [-0.15, -0.1) is 0 Å². The predicted octanol–water partition coefficient (Wildman–Crippen LogP) is 1.43. The summed E-state index contributed by atoms with van der Waals surface area (Å²) in [5.74, 6) is -0.201. The number of nitrogens with one attached hydrogen (secondary N) is 1. The van der Waals surface area contributed by atoms with E-state index < -0.39 is 4.92 Å². The average molecular weight is 276 g/mol. The van der Waals surface area contributed by atoms with Crippen LogP contribution >= 0.6 is 0 Å². The van der Waals surface area contributed by atoms with Crippen LogP contribution in [0.2, 0.25) is 0 Å². The first-order chi connectivity index (χ1) is 9.49. The van der Waals surface area contributed by atoms with Crippen molar-refractivity contribution in [3.05, 3.63) is 33.9 Å². The summed E-state index contributed by atoms with van der Waals surface area (Å²) in [5, 5.41) is 22.5. The van der Waals surface area contributed by atoms with Gasteiger partial charge >= 0.3 is 0 Å². The molecular formula is C13H16N4O3. The summed E-state index contributed by atoms with van der Waals surface area (Å²) in [7, 11) is 1.60. The van der Waals surface area contributed by atoms with Crippen molar-refractivity contribution in [2.45, 2.75) is 13.3 Å². The van der Waals surface area contributed by atoms with Crippen molar-refractivity contribution >= 4 is 17.3 Å². The summed E-state index contributed by atoms with van der Waals surface area (Å²) in [6.07, 6.45) is 0.826. The van der Waals surface area contributed by atoms with Crippen LogP contribution < -0.4 is 10.2 Å². The van der Waals surface area contributed by atoms with Gasteiger partial charge in [0, 0.05) is 19.7 Å². The van der Waals surface area contributed by atoms with E-state index >= 15 is 0 Å². The molecule has 0 saturated carbocycles. The molecule has 0 heterocycles. The molecule has 0 radical (unpaired) electrons. The zero-order valence-corrected chi connectivity index (χ0v) is 11.4. The lowest BCUT2D eigenvalue weighted by molar-refractivity contribution is -0.384. The summed E-state index contributed by atoms with van der Waals surface area (Å²) >= 11 is 0. The van der Waals surface area contributed by atoms with Crippen LogP contribution in [0.3, 0.4) is 0 Å². The Labute approximate surface area is 117 Å². The van der Waals surface area contributed by atoms with Crippen LogP contribution in [0, 0.1) is 21.4 Å². The zero-order valence-electron chi connectivity index (χ0n) is 11.4. The van der Waals surface area contributed by atoms with Crippen molar-refractivity contribution in [3.8, 4) is 6.07 Å². The van der Waals surface area contributed by atoms with Gasteiger partial charge in [0.1, 0.15) is 5.69 Å². The van der Waals surface area contributed by atoms with E-state index in [4.69, 9.17) is 5.26 Å². The first kappa shape index (κ1) is 15.4. The number of anilines is 1. The molecule has 0 unspecified atom stereocenters. The highest BCUT2D eigenvalue weighted by Crippen LogP contribution is 2.28. The maximum absolute atomic E-state index is 11.6. The van der Waals surface area contributed by atoms with E-state index in [9.17, 15) is 14.9 Å². The lowest BCUT2D eigenvalue weighted by atomic mass is 10.1. The average Bonchev–Trinajstić information content (AvgIpc) is 2.44. The summed E-state index contributed by atoms with van der Waals surface area (Å²) in [6, 6.07) is 6.02. The minimum Gasteiger partial charge on any atom is -0.360 e. The molecule has 1 aromatic carbocycles. The molecule has 1 rings (SSSR count). The van der Waals surface area contributed by atoms with Crippen LogP contribution in [0.1, 0.15) is 18.9 Å². The lowest BCUT2D eigenvalue weighted by Gasteiger charge is -2.18. The summed E-state index contributed by atoms with van der Waals surface area (Å²) in [6.45, 7) is 2.53. The lowest BCUT2D eigenvalue weighted by Crippen LogP contribution is -2.35. The van der Waals surface area contributed by atoms with Crippen molar-refractivity contribution in [3.63, 3.8) is 0 Å². The van der Waals surface area contributed by atoms with Gasteiger partial charge in [-0.3, -0.25) is 14.9 Å². The number of rotatable bonds is 6. The Kier molecular flexibility index (Phi) is 5.47. The van der Waals surface area contributed by atoms with Gasteiger partial charge in [0.25, 0.3) is 5.69 Å². The van der Waals surface area contributed by atoms with E-state index in [1.165, 1.54) is 23.1 Å². The molecule has 0 bridgehead atoms. The van der Waals surface area contributed by atoms with Crippen LogP contribution in [0.25, 0.3) is 0 Å². The third kappa shape index (κ3) is 3.95. The van der Waals surface area contributed by atoms with Crippen LogP contribution in [0.15, 0.2) is 18.2 Å². The van der Waals surface area contributed by atoms with Crippen molar-refractivity contribution < 1.29 is 9.72 Å². The smallest absolute Gasteiger partial charge is 0.293 e. The number of likely N-dealkylation sites (N-methyl/N-ethyl adjacent to an activating group) is 1. The number of carbonyl (C=O) groups is 1. The van der Waals surface area contributed by atoms with E-state index in [0.29, 0.717) is 12.2 Å². The number of hydrogen-bond donors (Lipinski definition) is 1. The highest BCUT2D eigenvalue weighted by molar-refractivity contribution is 5.82. The molecule has 0 saturated heterocycles. The number of nitro groups is 1. The Morgan fingerprint density at radius 2 is 2.25 bits per heavy atom. The van der Waals surface area contributed by atoms with E-state index in [0.717, 1.165) is 6.42 Å². The van der Waals surface area contributed by atoms with Crippen LogP contribution in [-0.4, -0.2) is 31.0 Å². The number of nitriles is 1. The highest BCUT2D eigenvalue weighted by atomic mass is 16.6. The van der Waals surface area contributed by atoms with Gasteiger partial charge in [-0.2, -0.15) is 5.26 Å². The Morgan fingerprint density at radius 1 is 1.55 bits per heavy atom. The Morgan fingerprint density at radius 3 is 2.80 bits per heavy atom. The fraction of sp³-hybridized carbons (Fsp3) is 0.385. The SMILES string of the molecule is CCCNC(=O)CN(C)c1ccc(C#N)cc1[N+](=O)[O-]. The van der Waals surface area contributed by atoms with Gasteiger partial charge in [0.05, 0.1) is 23.1 Å². The molecule has 7 heteroatoms. The number of nitro benzene ring substituents is 1. The predicted molar refractivity (Wildman–Crippen MR) is 74.4 cm³/mol. The van der Waals surface area contributed by atoms with Gasteiger partial charge in [0.15, 0.2) is 0 Å². The molecule has 0 aliphatic carbocycles. The topological polar surface area (TPSA) is 99.3 Å². The maximum atomic E-state index is 11.6. The number of carbonyl (C=O) groups excluding carboxylic acids is 1. The normalized spacial score (nSPS) is 9.65. The number of nitrogens with zero attached hydrogens (tertiary/aromatic N) is 3. The first-order valence-electron chi connectivity index (χ1n) is 6.16. The molecule has 1 amide bonds. The second kappa shape index (κ2) is 7.09. The first-order valence-corrected chi connectivity index (χ1v) is 6.16. The third-order valence-electron chi connectivity index (χ3n) is 2.67. The summed E-state index contributed by atoms with van der Waals surface area (Å²) in [4.78, 5) is 23.6. The molecular weight excluding hydrogens is 260 g/mol. The molecule has 0 aliphatic heterocycles. The monoisotopic (exact) mass is 276 g/mol. The van der Waals surface area contributed by atoms with Gasteiger partial charge in [0.2, 0.25) is 5.91 Å². The van der Waals surface area contributed by atoms with Crippen molar-refractivity contribution in [1.82, 2.24) is 5.32 Å². The van der Waals surface area contributed by atoms with E-state index in [2.05, 4.69) is 5.32 Å². The number of benzene rings is 1. The number of hydrogen-bond acceptors (Lipinski definition) is 5. The number of amides is 1. The van der Waals surface area contributed by atoms with E-state index in [-0.39, 0.29) is 23.7 Å². The van der Waals surface area contributed by atoms with Crippen molar-refractivity contribution in [2.24, 2.45) is 0 Å². The second-order valence-corrected chi connectivity index (χ2v) is 4.28. The summed E-state index contributed by atoms with van der Waals surface area (Å²) in [5.41, 5.74) is 0.333. The fourth-order valence-corrected chi connectivity index (χ4v) is 1.68. The minimum absolute atomic E-state index is 0.0206. The van der Waals surface area contributed by atoms with Gasteiger partial charge < -0.3 is 10.2 Å². The van der Waals surface area contributed by atoms with Crippen LogP contribution in [0.4, 0.5) is 11.4 Å². The van der Waals surface area contributed by atoms with Crippen LogP contribution in [-0.2, 0) is 4.79 Å². The molecule has 0 aliphatic rings. The zero-order chi connectivity index (χ0) is 15.1. The maximum Gasteiger partial charge on any atom is 0.293 e. The van der Waals surface area contributed by atoms with Crippen molar-refractivity contribution in [2.75, 3.05) is 25.0 Å². The van der Waals surface area contributed by atoms with Gasteiger partial charge in [-0.05, 0) is 18.6 Å². The molecule has 106 valence electrons. The molecule has 0 aromatic heterocycles. The highest BCUT2D eigenvalue weighted by Gasteiger charge is 2.19. The Bertz CT molecular complexity index is 551.